The Labute approximate surface area is 246 Å². The molecule has 12 nitrogen and oxygen atoms in total. The van der Waals surface area contributed by atoms with Crippen molar-refractivity contribution in [2.24, 2.45) is 0 Å². The number of aromatic nitrogens is 7. The Kier molecular flexibility index (Phi) is 8.20. The van der Waals surface area contributed by atoms with Crippen molar-refractivity contribution in [3.05, 3.63) is 88.5 Å². The highest BCUT2D eigenvalue weighted by Gasteiger charge is 2.27. The number of piperidine rings is 1. The summed E-state index contributed by atoms with van der Waals surface area (Å²) >= 11 is 0. The van der Waals surface area contributed by atoms with E-state index < -0.39 is 5.82 Å². The number of carbonyl (C=O) groups excluding carboxylic acids is 1. The second-order valence-electron chi connectivity index (χ2n) is 10.1. The van der Waals surface area contributed by atoms with E-state index in [1.165, 1.54) is 10.9 Å². The number of halogens is 2. The third-order valence-corrected chi connectivity index (χ3v) is 7.27. The van der Waals surface area contributed by atoms with Crippen LogP contribution >= 0.6 is 12.4 Å². The quantitative estimate of drug-likeness (QED) is 0.265. The topological polar surface area (TPSA) is 139 Å². The van der Waals surface area contributed by atoms with Gasteiger partial charge >= 0.3 is 6.03 Å². The molecule has 5 aromatic rings. The summed E-state index contributed by atoms with van der Waals surface area (Å²) in [7, 11) is 0. The number of aromatic amines is 1. The van der Waals surface area contributed by atoms with E-state index in [1.54, 1.807) is 27.9 Å². The fourth-order valence-corrected chi connectivity index (χ4v) is 5.04. The first-order valence-electron chi connectivity index (χ1n) is 13.4. The predicted octanol–water partition coefficient (Wildman–Crippen LogP) is 4.42. The summed E-state index contributed by atoms with van der Waals surface area (Å²) in [5, 5.41) is 23.3. The van der Waals surface area contributed by atoms with E-state index in [4.69, 9.17) is 5.10 Å². The molecule has 0 saturated carbocycles. The van der Waals surface area contributed by atoms with Crippen LogP contribution in [-0.4, -0.2) is 58.8 Å². The normalized spacial score (nSPS) is 14.4. The van der Waals surface area contributed by atoms with E-state index >= 15 is 0 Å². The van der Waals surface area contributed by atoms with Gasteiger partial charge in [0.05, 0.1) is 29.9 Å². The van der Waals surface area contributed by atoms with Gasteiger partial charge in [-0.25, -0.2) is 23.5 Å². The molecule has 4 aromatic heterocycles. The summed E-state index contributed by atoms with van der Waals surface area (Å²) in [6, 6.07) is 12.2. The van der Waals surface area contributed by atoms with Gasteiger partial charge in [-0.2, -0.15) is 15.3 Å². The lowest BCUT2D eigenvalue weighted by Gasteiger charge is -2.33. The number of nitrogens with one attached hydrogen (secondary N) is 3. The van der Waals surface area contributed by atoms with Gasteiger partial charge in [-0.05, 0) is 44.4 Å². The van der Waals surface area contributed by atoms with Crippen LogP contribution in [-0.2, 0) is 0 Å². The first-order chi connectivity index (χ1) is 19.9. The molecule has 5 heterocycles. The third-order valence-electron chi connectivity index (χ3n) is 7.27. The fraction of sp³-hybridized carbons (Fsp3) is 0.286. The van der Waals surface area contributed by atoms with E-state index in [9.17, 15) is 14.0 Å². The monoisotopic (exact) mass is 592 g/mol. The molecule has 0 unspecified atom stereocenters. The number of benzene rings is 1. The summed E-state index contributed by atoms with van der Waals surface area (Å²) in [4.78, 5) is 32.5. The second kappa shape index (κ2) is 12.0. The van der Waals surface area contributed by atoms with Gasteiger partial charge in [-0.15, -0.1) is 12.4 Å². The number of pyridine rings is 1. The maximum absolute atomic E-state index is 13.4. The molecule has 1 atom stereocenters. The maximum Gasteiger partial charge on any atom is 0.317 e. The molecule has 0 spiro atoms. The Bertz CT molecular complexity index is 1760. The SMILES string of the molecule is Cc1cc(Nc2nn(C3CCN(C(=O)N[C@@H](C)c4ccc(-n5cc(F)cn5)nc4)CC3)c(=O)c3ccccc23)n[nH]1.Cl. The van der Waals surface area contributed by atoms with Crippen molar-refractivity contribution in [3.63, 3.8) is 0 Å². The van der Waals surface area contributed by atoms with Gasteiger partial charge in [0.1, 0.15) is 0 Å². The Balaban J connectivity index is 0.00000353. The van der Waals surface area contributed by atoms with Gasteiger partial charge < -0.3 is 15.5 Å². The van der Waals surface area contributed by atoms with Crippen molar-refractivity contribution in [2.45, 2.75) is 38.8 Å². The summed E-state index contributed by atoms with van der Waals surface area (Å²) in [5.41, 5.74) is 1.56. The van der Waals surface area contributed by atoms with Crippen LogP contribution in [0, 0.1) is 12.7 Å². The van der Waals surface area contributed by atoms with Crippen LogP contribution < -0.4 is 16.2 Å². The van der Waals surface area contributed by atoms with Crippen molar-refractivity contribution in [1.82, 2.24) is 45.0 Å². The number of hydrogen-bond acceptors (Lipinski definition) is 7. The van der Waals surface area contributed by atoms with Crippen LogP contribution in [0.5, 0.6) is 0 Å². The molecule has 14 heteroatoms. The number of likely N-dealkylation sites (tertiary alicyclic amines) is 1. The number of aryl methyl sites for hydroxylation is 1. The van der Waals surface area contributed by atoms with E-state index in [0.29, 0.717) is 48.8 Å². The summed E-state index contributed by atoms with van der Waals surface area (Å²) in [6.45, 7) is 4.75. The number of H-pyrrole nitrogens is 1. The van der Waals surface area contributed by atoms with E-state index in [0.717, 1.165) is 22.8 Å². The molecule has 6 rings (SSSR count). The van der Waals surface area contributed by atoms with Crippen LogP contribution in [0.2, 0.25) is 0 Å². The fourth-order valence-electron chi connectivity index (χ4n) is 5.04. The molecule has 1 aromatic carbocycles. The Hall–Kier alpha value is -4.78. The van der Waals surface area contributed by atoms with Gasteiger partial charge in [-0.1, -0.05) is 24.3 Å². The molecular weight excluding hydrogens is 563 g/mol. The molecule has 218 valence electrons. The molecule has 3 N–H and O–H groups in total. The largest absolute Gasteiger partial charge is 0.331 e. The van der Waals surface area contributed by atoms with Gasteiger partial charge in [-0.3, -0.25) is 9.89 Å². The number of fused-ring (bicyclic) bond motifs is 1. The molecular formula is C28H30ClFN10O2. The lowest BCUT2D eigenvalue weighted by Crippen LogP contribution is -2.46. The molecule has 1 fully saturated rings. The highest BCUT2D eigenvalue weighted by molar-refractivity contribution is 5.92. The van der Waals surface area contributed by atoms with Crippen LogP contribution in [0.25, 0.3) is 16.6 Å². The van der Waals surface area contributed by atoms with Crippen molar-refractivity contribution in [2.75, 3.05) is 18.4 Å². The average Bonchev–Trinajstić information content (AvgIpc) is 3.62. The van der Waals surface area contributed by atoms with Crippen molar-refractivity contribution in [3.8, 4) is 5.82 Å². The van der Waals surface area contributed by atoms with E-state index in [1.807, 2.05) is 44.2 Å². The van der Waals surface area contributed by atoms with E-state index in [-0.39, 0.29) is 36.1 Å². The van der Waals surface area contributed by atoms with Gasteiger partial charge in [0.2, 0.25) is 0 Å². The number of hydrogen-bond donors (Lipinski definition) is 3. The molecule has 1 aliphatic rings. The van der Waals surface area contributed by atoms with E-state index in [2.05, 4.69) is 30.9 Å². The Morgan fingerprint density at radius 3 is 2.52 bits per heavy atom. The third kappa shape index (κ3) is 5.81. The smallest absolute Gasteiger partial charge is 0.317 e. The van der Waals surface area contributed by atoms with Crippen LogP contribution in [0.3, 0.4) is 0 Å². The molecule has 0 aliphatic carbocycles. The summed E-state index contributed by atoms with van der Waals surface area (Å²) < 4.78 is 16.1. The Morgan fingerprint density at radius 1 is 1.12 bits per heavy atom. The summed E-state index contributed by atoms with van der Waals surface area (Å²) in [5.74, 6) is 1.21. The average molecular weight is 593 g/mol. The minimum atomic E-state index is -0.442. The number of amides is 2. The van der Waals surface area contributed by atoms with Crippen molar-refractivity contribution in [1.29, 1.82) is 0 Å². The van der Waals surface area contributed by atoms with Crippen LogP contribution in [0.4, 0.5) is 20.8 Å². The van der Waals surface area contributed by atoms with Crippen LogP contribution in [0.15, 0.2) is 65.8 Å². The molecule has 0 bridgehead atoms. The lowest BCUT2D eigenvalue weighted by atomic mass is 10.0. The second-order valence-corrected chi connectivity index (χ2v) is 10.1. The zero-order valence-corrected chi connectivity index (χ0v) is 23.8. The number of urea groups is 1. The molecule has 1 aliphatic heterocycles. The molecule has 0 radical (unpaired) electrons. The molecule has 2 amide bonds. The van der Waals surface area contributed by atoms with Gasteiger partial charge in [0, 0.05) is 36.4 Å². The molecule has 1 saturated heterocycles. The standard InChI is InChI=1S/C28H29FN10O2.ClH/c1-17-13-24(35-34-17)33-26-22-5-3-4-6-23(22)27(40)39(36-26)21-9-11-37(12-10-21)28(41)32-18(2)19-7-8-25(30-14-19)38-16-20(29)15-31-38;/h3-8,13-16,18,21H,9-12H2,1-2H3,(H,32,41)(H2,33,34,35,36);1H/t18-;/m0./s1. The number of carbonyl (C=O) groups is 1. The minimum Gasteiger partial charge on any atom is -0.331 e. The predicted molar refractivity (Wildman–Crippen MR) is 158 cm³/mol. The minimum absolute atomic E-state index is 0. The van der Waals surface area contributed by atoms with Crippen LogP contribution in [0.1, 0.15) is 43.1 Å². The Morgan fingerprint density at radius 2 is 1.88 bits per heavy atom. The first kappa shape index (κ1) is 28.7. The molecule has 42 heavy (non-hydrogen) atoms. The number of nitrogens with zero attached hydrogens (tertiary/aromatic N) is 7. The maximum atomic E-state index is 13.4. The summed E-state index contributed by atoms with van der Waals surface area (Å²) in [6.07, 6.45) is 5.18. The highest BCUT2D eigenvalue weighted by atomic mass is 35.5. The van der Waals surface area contributed by atoms with Crippen molar-refractivity contribution < 1.29 is 9.18 Å². The van der Waals surface area contributed by atoms with Gasteiger partial charge in [0.25, 0.3) is 5.56 Å². The number of anilines is 2. The van der Waals surface area contributed by atoms with Crippen molar-refractivity contribution >= 4 is 40.8 Å². The first-order valence-corrected chi connectivity index (χ1v) is 13.4. The van der Waals surface area contributed by atoms with Gasteiger partial charge in [0.15, 0.2) is 23.3 Å². The number of rotatable bonds is 6. The highest BCUT2D eigenvalue weighted by Crippen LogP contribution is 2.26. The lowest BCUT2D eigenvalue weighted by molar-refractivity contribution is 0.165. The zero-order valence-electron chi connectivity index (χ0n) is 23.0. The zero-order chi connectivity index (χ0) is 28.5.